The predicted molar refractivity (Wildman–Crippen MR) is 50.8 cm³/mol. The lowest BCUT2D eigenvalue weighted by atomic mass is 10.1. The maximum absolute atomic E-state index is 5.56. The van der Waals surface area contributed by atoms with E-state index >= 15 is 0 Å². The maximum Gasteiger partial charge on any atom is 0.104 e. The molecule has 0 aliphatic rings. The molecule has 66 valence electrons. The van der Waals surface area contributed by atoms with E-state index in [1.807, 2.05) is 0 Å². The minimum Gasteiger partial charge on any atom is -0.316 e. The van der Waals surface area contributed by atoms with Crippen molar-refractivity contribution in [3.05, 3.63) is 0 Å². The molecule has 5 nitrogen and oxygen atoms in total. The van der Waals surface area contributed by atoms with E-state index < -0.39 is 18.2 Å². The number of aliphatic imine (C=N–C) groups is 2. The molecule has 5 heteroatoms. The number of rotatable bonds is 3. The van der Waals surface area contributed by atoms with Crippen LogP contribution in [0.3, 0.4) is 0 Å². The number of nitrogens with two attached hydrogens (primary N) is 3. The first-order chi connectivity index (χ1) is 5.63. The van der Waals surface area contributed by atoms with Crippen molar-refractivity contribution in [3.63, 3.8) is 0 Å². The Labute approximate surface area is 71.7 Å². The van der Waals surface area contributed by atoms with Crippen molar-refractivity contribution in [2.45, 2.75) is 18.2 Å². The summed E-state index contributed by atoms with van der Waals surface area (Å²) >= 11 is 0. The molecule has 0 spiro atoms. The summed E-state index contributed by atoms with van der Waals surface area (Å²) in [6, 6.07) is 1.34. The summed E-state index contributed by atoms with van der Waals surface area (Å²) in [5, 5.41) is 0. The summed E-state index contributed by atoms with van der Waals surface area (Å²) in [7, 11) is 0. The van der Waals surface area contributed by atoms with E-state index in [1.54, 1.807) is 0 Å². The van der Waals surface area contributed by atoms with Gasteiger partial charge < -0.3 is 17.2 Å². The van der Waals surface area contributed by atoms with Gasteiger partial charge >= 0.3 is 0 Å². The van der Waals surface area contributed by atoms with Crippen molar-refractivity contribution in [2.24, 2.45) is 27.2 Å². The van der Waals surface area contributed by atoms with Crippen molar-refractivity contribution in [1.82, 2.24) is 0 Å². The molecule has 0 aromatic carbocycles. The largest absolute Gasteiger partial charge is 0.316 e. The highest BCUT2D eigenvalue weighted by Gasteiger charge is 2.18. The minimum absolute atomic E-state index is 0.473. The van der Waals surface area contributed by atoms with Crippen LogP contribution in [0.15, 0.2) is 9.98 Å². The van der Waals surface area contributed by atoms with Gasteiger partial charge in [0, 0.05) is 12.8 Å². The maximum atomic E-state index is 5.56. The van der Waals surface area contributed by atoms with Crippen molar-refractivity contribution in [2.75, 3.05) is 0 Å². The molecule has 0 aromatic rings. The van der Waals surface area contributed by atoms with Crippen LogP contribution in [0.2, 0.25) is 0 Å². The van der Waals surface area contributed by atoms with Gasteiger partial charge in [0.2, 0.25) is 0 Å². The summed E-state index contributed by atoms with van der Waals surface area (Å²) in [6.07, 6.45) is -0.656. The molecule has 0 aromatic heterocycles. The fourth-order valence-corrected chi connectivity index (χ4v) is 0.680. The average Bonchev–Trinajstić information content (AvgIpc) is 2.01. The van der Waals surface area contributed by atoms with Gasteiger partial charge in [0.1, 0.15) is 6.04 Å². The Balaban J connectivity index is 4.30. The van der Waals surface area contributed by atoms with E-state index in [-0.39, 0.29) is 0 Å². The molecule has 0 rings (SSSR count). The summed E-state index contributed by atoms with van der Waals surface area (Å²) in [4.78, 5) is 6.97. The van der Waals surface area contributed by atoms with Gasteiger partial charge in [-0.1, -0.05) is 5.92 Å². The van der Waals surface area contributed by atoms with Crippen LogP contribution in [0.4, 0.5) is 0 Å². The van der Waals surface area contributed by atoms with Crippen LogP contribution in [0.5, 0.6) is 0 Å². The Morgan fingerprint density at radius 2 is 1.75 bits per heavy atom. The second-order valence-corrected chi connectivity index (χ2v) is 2.19. The Hall–Kier alpha value is -1.22. The SMILES string of the molecule is C=NC#CC(N)C(N=C)C(N)N. The third-order valence-electron chi connectivity index (χ3n) is 1.28. The van der Waals surface area contributed by atoms with E-state index in [2.05, 4.69) is 35.4 Å². The molecular formula is C7H13N5. The van der Waals surface area contributed by atoms with Crippen LogP contribution in [0, 0.1) is 12.0 Å². The fraction of sp³-hybridized carbons (Fsp3) is 0.429. The summed E-state index contributed by atoms with van der Waals surface area (Å²) in [6.45, 7) is 6.48. The molecule has 0 aliphatic heterocycles. The Bertz CT molecular complexity index is 212. The van der Waals surface area contributed by atoms with E-state index in [4.69, 9.17) is 17.2 Å². The normalized spacial score (nSPS) is 14.3. The topological polar surface area (TPSA) is 103 Å². The van der Waals surface area contributed by atoms with Gasteiger partial charge in [-0.25, -0.2) is 4.99 Å². The standard InChI is InChI=1S/C7H13N5/c1-11-4-3-5(8)6(12-2)7(9)10/h5-7H,1-2,8-10H2. The smallest absolute Gasteiger partial charge is 0.104 e. The lowest BCUT2D eigenvalue weighted by molar-refractivity contribution is 0.510. The molecule has 0 radical (unpaired) electrons. The van der Waals surface area contributed by atoms with E-state index in [9.17, 15) is 0 Å². The van der Waals surface area contributed by atoms with E-state index in [1.165, 1.54) is 0 Å². The molecule has 0 amide bonds. The quantitative estimate of drug-likeness (QED) is 0.265. The second kappa shape index (κ2) is 5.43. The predicted octanol–water partition coefficient (Wildman–Crippen LogP) is -1.71. The average molecular weight is 167 g/mol. The van der Waals surface area contributed by atoms with Gasteiger partial charge in [-0.05, 0) is 6.72 Å². The molecule has 6 N–H and O–H groups in total. The van der Waals surface area contributed by atoms with Crippen LogP contribution >= 0.6 is 0 Å². The number of hydrogen-bond acceptors (Lipinski definition) is 5. The highest BCUT2D eigenvalue weighted by atomic mass is 15.0. The van der Waals surface area contributed by atoms with E-state index in [0.29, 0.717) is 0 Å². The third kappa shape index (κ3) is 3.25. The first-order valence-electron chi connectivity index (χ1n) is 3.32. The van der Waals surface area contributed by atoms with Crippen LogP contribution in [-0.2, 0) is 0 Å². The number of hydrogen-bond donors (Lipinski definition) is 3. The zero-order valence-electron chi connectivity index (χ0n) is 6.77. The molecule has 2 atom stereocenters. The van der Waals surface area contributed by atoms with Gasteiger partial charge in [0.15, 0.2) is 0 Å². The van der Waals surface area contributed by atoms with Crippen LogP contribution in [0.25, 0.3) is 0 Å². The number of nitrogens with zero attached hydrogens (tertiary/aromatic N) is 2. The van der Waals surface area contributed by atoms with Gasteiger partial charge in [0.25, 0.3) is 0 Å². The molecule has 0 saturated heterocycles. The van der Waals surface area contributed by atoms with Crippen molar-refractivity contribution < 1.29 is 0 Å². The minimum atomic E-state index is -0.656. The summed E-state index contributed by atoms with van der Waals surface area (Å²) in [5.41, 5.74) is 16.3. The summed E-state index contributed by atoms with van der Waals surface area (Å²) < 4.78 is 0. The Morgan fingerprint density at radius 3 is 2.08 bits per heavy atom. The summed E-state index contributed by atoms with van der Waals surface area (Å²) in [5.74, 6) is 2.57. The third-order valence-corrected chi connectivity index (χ3v) is 1.28. The van der Waals surface area contributed by atoms with Crippen LogP contribution in [-0.4, -0.2) is 31.7 Å². The van der Waals surface area contributed by atoms with Crippen LogP contribution in [0.1, 0.15) is 0 Å². The first kappa shape index (κ1) is 10.8. The highest BCUT2D eigenvalue weighted by Crippen LogP contribution is 1.95. The molecule has 0 heterocycles. The molecule has 2 unspecified atom stereocenters. The molecular weight excluding hydrogens is 154 g/mol. The second-order valence-electron chi connectivity index (χ2n) is 2.19. The molecule has 0 fully saturated rings. The van der Waals surface area contributed by atoms with Gasteiger partial charge in [0.05, 0.1) is 12.2 Å². The Morgan fingerprint density at radius 1 is 1.17 bits per heavy atom. The molecule has 0 aliphatic carbocycles. The fourth-order valence-electron chi connectivity index (χ4n) is 0.680. The first-order valence-corrected chi connectivity index (χ1v) is 3.32. The van der Waals surface area contributed by atoms with E-state index in [0.717, 1.165) is 0 Å². The molecule has 12 heavy (non-hydrogen) atoms. The monoisotopic (exact) mass is 167 g/mol. The van der Waals surface area contributed by atoms with Crippen molar-refractivity contribution in [3.8, 4) is 12.0 Å². The van der Waals surface area contributed by atoms with Crippen LogP contribution < -0.4 is 17.2 Å². The zero-order valence-corrected chi connectivity index (χ0v) is 6.77. The van der Waals surface area contributed by atoms with Crippen molar-refractivity contribution >= 4 is 13.4 Å². The Kier molecular flexibility index (Phi) is 4.88. The lowest BCUT2D eigenvalue weighted by Crippen LogP contribution is -2.50. The van der Waals surface area contributed by atoms with Gasteiger partial charge in [-0.3, -0.25) is 4.99 Å². The zero-order chi connectivity index (χ0) is 9.56. The lowest BCUT2D eigenvalue weighted by Gasteiger charge is -2.17. The van der Waals surface area contributed by atoms with Crippen molar-refractivity contribution in [1.29, 1.82) is 0 Å². The van der Waals surface area contributed by atoms with Gasteiger partial charge in [-0.15, -0.1) is 0 Å². The molecule has 0 saturated carbocycles. The van der Waals surface area contributed by atoms with Gasteiger partial charge in [-0.2, -0.15) is 0 Å². The highest BCUT2D eigenvalue weighted by molar-refractivity contribution is 5.30. The molecule has 0 bridgehead atoms.